The van der Waals surface area contributed by atoms with Crippen LogP contribution in [0, 0.1) is 13.8 Å². The van der Waals surface area contributed by atoms with E-state index >= 15 is 0 Å². The molecule has 0 spiro atoms. The molecular formula is C19H16O3. The molecule has 4 rings (SSSR count). The molecule has 0 saturated heterocycles. The van der Waals surface area contributed by atoms with Crippen LogP contribution in [0.1, 0.15) is 22.3 Å². The normalized spacial score (nSPS) is 17.0. The van der Waals surface area contributed by atoms with E-state index in [0.29, 0.717) is 5.75 Å². The monoisotopic (exact) mass is 292 g/mol. The van der Waals surface area contributed by atoms with Crippen LogP contribution in [0.5, 0.6) is 5.75 Å². The molecule has 110 valence electrons. The van der Waals surface area contributed by atoms with Gasteiger partial charge in [-0.3, -0.25) is 0 Å². The van der Waals surface area contributed by atoms with Crippen LogP contribution in [0.4, 0.5) is 0 Å². The summed E-state index contributed by atoms with van der Waals surface area (Å²) in [4.78, 5) is 0. The number of aryl methyl sites for hydroxylation is 2. The molecule has 0 bridgehead atoms. The van der Waals surface area contributed by atoms with Gasteiger partial charge < -0.3 is 14.3 Å². The van der Waals surface area contributed by atoms with Gasteiger partial charge >= 0.3 is 0 Å². The third-order valence-corrected chi connectivity index (χ3v) is 4.15. The van der Waals surface area contributed by atoms with Crippen molar-refractivity contribution < 1.29 is 14.3 Å². The van der Waals surface area contributed by atoms with Crippen molar-refractivity contribution in [1.29, 1.82) is 0 Å². The van der Waals surface area contributed by atoms with E-state index in [2.05, 4.69) is 25.1 Å². The second kappa shape index (κ2) is 4.75. The summed E-state index contributed by atoms with van der Waals surface area (Å²) in [6, 6.07) is 12.1. The van der Waals surface area contributed by atoms with Crippen molar-refractivity contribution >= 4 is 16.5 Å². The molecule has 3 aromatic rings. The lowest BCUT2D eigenvalue weighted by molar-refractivity contribution is 0.0227. The fourth-order valence-corrected chi connectivity index (χ4v) is 3.00. The summed E-state index contributed by atoms with van der Waals surface area (Å²) in [6.07, 6.45) is 2.55. The van der Waals surface area contributed by atoms with Gasteiger partial charge in [0.1, 0.15) is 11.3 Å². The van der Waals surface area contributed by atoms with Crippen molar-refractivity contribution in [2.75, 3.05) is 0 Å². The molecule has 1 atom stereocenters. The average Bonchev–Trinajstić information content (AvgIpc) is 2.86. The summed E-state index contributed by atoms with van der Waals surface area (Å²) in [5.41, 5.74) is 6.11. The largest absolute Gasteiger partial charge is 0.464 e. The Hall–Kier alpha value is -2.52. The van der Waals surface area contributed by atoms with Crippen LogP contribution in [0.25, 0.3) is 16.5 Å². The summed E-state index contributed by atoms with van der Waals surface area (Å²) in [5, 5.41) is 11.1. The molecule has 0 radical (unpaired) electrons. The molecule has 1 N–H and O–H groups in total. The summed E-state index contributed by atoms with van der Waals surface area (Å²) < 4.78 is 11.1. The molecule has 0 fully saturated rings. The van der Waals surface area contributed by atoms with E-state index in [9.17, 15) is 5.11 Å². The maximum absolute atomic E-state index is 10.0. The molecule has 3 heteroatoms. The van der Waals surface area contributed by atoms with Gasteiger partial charge in [0.15, 0.2) is 0 Å². The highest BCUT2D eigenvalue weighted by Gasteiger charge is 2.23. The number of hydrogen-bond donors (Lipinski definition) is 1. The van der Waals surface area contributed by atoms with E-state index in [1.54, 1.807) is 12.3 Å². The number of aliphatic hydroxyl groups excluding tert-OH is 1. The average molecular weight is 292 g/mol. The van der Waals surface area contributed by atoms with E-state index < -0.39 is 6.29 Å². The molecule has 1 unspecified atom stereocenters. The van der Waals surface area contributed by atoms with E-state index in [4.69, 9.17) is 9.15 Å². The van der Waals surface area contributed by atoms with Gasteiger partial charge in [-0.25, -0.2) is 0 Å². The number of fused-ring (bicyclic) bond motifs is 2. The smallest absolute Gasteiger partial charge is 0.218 e. The predicted molar refractivity (Wildman–Crippen MR) is 85.8 cm³/mol. The van der Waals surface area contributed by atoms with Gasteiger partial charge in [0.2, 0.25) is 6.29 Å². The van der Waals surface area contributed by atoms with Crippen molar-refractivity contribution in [3.05, 3.63) is 71.0 Å². The van der Waals surface area contributed by atoms with Crippen LogP contribution in [0.3, 0.4) is 0 Å². The molecule has 0 amide bonds. The quantitative estimate of drug-likeness (QED) is 0.731. The van der Waals surface area contributed by atoms with Crippen LogP contribution >= 0.6 is 0 Å². The highest BCUT2D eigenvalue weighted by Crippen LogP contribution is 2.40. The molecule has 2 aromatic carbocycles. The molecular weight excluding hydrogens is 276 g/mol. The maximum Gasteiger partial charge on any atom is 0.218 e. The molecule has 1 aliphatic heterocycles. The highest BCUT2D eigenvalue weighted by molar-refractivity contribution is 5.93. The van der Waals surface area contributed by atoms with Crippen LogP contribution < -0.4 is 4.74 Å². The lowest BCUT2D eigenvalue weighted by Gasteiger charge is -2.23. The van der Waals surface area contributed by atoms with Gasteiger partial charge in [0.05, 0.1) is 6.26 Å². The lowest BCUT2D eigenvalue weighted by Crippen LogP contribution is -2.18. The topological polar surface area (TPSA) is 42.6 Å². The second-order valence-electron chi connectivity index (χ2n) is 5.67. The minimum atomic E-state index is -0.949. The molecule has 0 saturated carbocycles. The Morgan fingerprint density at radius 2 is 1.82 bits per heavy atom. The standard InChI is InChI=1S/C19H16O3/c1-11-5-3-4-6-13(11)15-8-19(20)22-18-9-17-14(7-16(15)18)12(2)10-21-17/h3-10,19-20H,1-2H3. The van der Waals surface area contributed by atoms with Gasteiger partial charge in [-0.15, -0.1) is 0 Å². The van der Waals surface area contributed by atoms with Crippen LogP contribution in [0.15, 0.2) is 53.2 Å². The Labute approximate surface area is 128 Å². The van der Waals surface area contributed by atoms with Gasteiger partial charge in [-0.05, 0) is 48.3 Å². The number of ether oxygens (including phenoxy) is 1. The Balaban J connectivity index is 1.99. The fourth-order valence-electron chi connectivity index (χ4n) is 3.00. The van der Waals surface area contributed by atoms with Gasteiger partial charge in [-0.2, -0.15) is 0 Å². The summed E-state index contributed by atoms with van der Waals surface area (Å²) in [5.74, 6) is 0.648. The first kappa shape index (κ1) is 13.2. The number of rotatable bonds is 1. The van der Waals surface area contributed by atoms with Crippen molar-refractivity contribution in [3.63, 3.8) is 0 Å². The number of benzene rings is 2. The van der Waals surface area contributed by atoms with E-state index in [1.165, 1.54) is 0 Å². The minimum absolute atomic E-state index is 0.648. The van der Waals surface area contributed by atoms with E-state index in [-0.39, 0.29) is 0 Å². The molecule has 1 aromatic heterocycles. The third kappa shape index (κ3) is 1.94. The first-order chi connectivity index (χ1) is 10.6. The molecule has 1 aliphatic rings. The predicted octanol–water partition coefficient (Wildman–Crippen LogP) is 4.19. The zero-order chi connectivity index (χ0) is 15.3. The molecule has 22 heavy (non-hydrogen) atoms. The van der Waals surface area contributed by atoms with Crippen molar-refractivity contribution in [1.82, 2.24) is 0 Å². The second-order valence-corrected chi connectivity index (χ2v) is 5.67. The third-order valence-electron chi connectivity index (χ3n) is 4.15. The Bertz CT molecular complexity index is 902. The van der Waals surface area contributed by atoms with Crippen molar-refractivity contribution in [3.8, 4) is 5.75 Å². The zero-order valence-electron chi connectivity index (χ0n) is 12.5. The Morgan fingerprint density at radius 1 is 1.00 bits per heavy atom. The molecule has 0 aliphatic carbocycles. The van der Waals surface area contributed by atoms with Crippen LogP contribution in [-0.2, 0) is 0 Å². The first-order valence-corrected chi connectivity index (χ1v) is 7.28. The number of hydrogen-bond acceptors (Lipinski definition) is 3. The van der Waals surface area contributed by atoms with E-state index in [0.717, 1.165) is 38.8 Å². The highest BCUT2D eigenvalue weighted by atomic mass is 16.6. The SMILES string of the molecule is Cc1ccccc1C1=CC(O)Oc2cc3occ(C)c3cc21. The zero-order valence-corrected chi connectivity index (χ0v) is 12.5. The lowest BCUT2D eigenvalue weighted by atomic mass is 9.91. The van der Waals surface area contributed by atoms with Gasteiger partial charge in [-0.1, -0.05) is 24.3 Å². The minimum Gasteiger partial charge on any atom is -0.464 e. The van der Waals surface area contributed by atoms with Crippen LogP contribution in [-0.4, -0.2) is 11.4 Å². The number of furan rings is 1. The van der Waals surface area contributed by atoms with Crippen LogP contribution in [0.2, 0.25) is 0 Å². The fraction of sp³-hybridized carbons (Fsp3) is 0.158. The maximum atomic E-state index is 10.0. The van der Waals surface area contributed by atoms with Gasteiger partial charge in [0.25, 0.3) is 0 Å². The van der Waals surface area contributed by atoms with Crippen molar-refractivity contribution in [2.45, 2.75) is 20.1 Å². The Morgan fingerprint density at radius 3 is 2.64 bits per heavy atom. The summed E-state index contributed by atoms with van der Waals surface area (Å²) in [7, 11) is 0. The molecule has 2 heterocycles. The summed E-state index contributed by atoms with van der Waals surface area (Å²) >= 11 is 0. The summed E-state index contributed by atoms with van der Waals surface area (Å²) in [6.45, 7) is 4.09. The number of aliphatic hydroxyl groups is 1. The van der Waals surface area contributed by atoms with E-state index in [1.807, 2.05) is 25.1 Å². The van der Waals surface area contributed by atoms with Gasteiger partial charge in [0, 0.05) is 17.0 Å². The van der Waals surface area contributed by atoms with Crippen molar-refractivity contribution in [2.24, 2.45) is 0 Å². The first-order valence-electron chi connectivity index (χ1n) is 7.28. The Kier molecular flexibility index (Phi) is 2.84. The molecule has 3 nitrogen and oxygen atoms in total.